The van der Waals surface area contributed by atoms with E-state index in [1.54, 1.807) is 12.3 Å². The normalized spacial score (nSPS) is 10.7. The van der Waals surface area contributed by atoms with Gasteiger partial charge in [-0.3, -0.25) is 4.98 Å². The number of rotatable bonds is 6. The second-order valence-electron chi connectivity index (χ2n) is 5.02. The maximum absolute atomic E-state index is 9.22. The van der Waals surface area contributed by atoms with E-state index in [2.05, 4.69) is 43.6 Å². The van der Waals surface area contributed by atoms with E-state index in [0.717, 1.165) is 30.6 Å². The maximum atomic E-state index is 9.22. The molecule has 1 heterocycles. The van der Waals surface area contributed by atoms with Crippen molar-refractivity contribution in [1.29, 1.82) is 5.26 Å². The number of hydrogen-bond donors (Lipinski definition) is 0. The van der Waals surface area contributed by atoms with Crippen LogP contribution in [-0.2, 0) is 0 Å². The molecule has 3 nitrogen and oxygen atoms in total. The van der Waals surface area contributed by atoms with Crippen molar-refractivity contribution in [3.63, 3.8) is 0 Å². The summed E-state index contributed by atoms with van der Waals surface area (Å²) >= 11 is 0. The lowest BCUT2D eigenvalue weighted by Crippen LogP contribution is -2.38. The number of hydrogen-bond acceptors (Lipinski definition) is 3. The molecule has 0 radical (unpaired) electrons. The van der Waals surface area contributed by atoms with Gasteiger partial charge in [-0.05, 0) is 24.8 Å². The van der Waals surface area contributed by atoms with Gasteiger partial charge in [-0.2, -0.15) is 5.26 Å². The van der Waals surface area contributed by atoms with E-state index < -0.39 is 0 Å². The van der Waals surface area contributed by atoms with Crippen molar-refractivity contribution in [3.8, 4) is 6.07 Å². The molecule has 0 aliphatic carbocycles. The van der Waals surface area contributed by atoms with Crippen molar-refractivity contribution >= 4 is 5.69 Å². The zero-order valence-electron chi connectivity index (χ0n) is 11.8. The van der Waals surface area contributed by atoms with Gasteiger partial charge >= 0.3 is 0 Å². The van der Waals surface area contributed by atoms with E-state index in [0.29, 0.717) is 12.0 Å². The molecule has 0 aromatic carbocycles. The summed E-state index contributed by atoms with van der Waals surface area (Å²) in [7, 11) is 0. The molecule has 0 saturated heterocycles. The zero-order valence-corrected chi connectivity index (χ0v) is 11.8. The van der Waals surface area contributed by atoms with Gasteiger partial charge in [-0.25, -0.2) is 0 Å². The van der Waals surface area contributed by atoms with Crippen LogP contribution < -0.4 is 4.90 Å². The van der Waals surface area contributed by atoms with E-state index in [1.807, 2.05) is 6.20 Å². The second-order valence-corrected chi connectivity index (χ2v) is 5.02. The predicted molar refractivity (Wildman–Crippen MR) is 75.5 cm³/mol. The molecule has 0 spiro atoms. The third kappa shape index (κ3) is 3.46. The number of anilines is 1. The van der Waals surface area contributed by atoms with Crippen LogP contribution in [0.15, 0.2) is 18.5 Å². The van der Waals surface area contributed by atoms with Gasteiger partial charge in [0.05, 0.1) is 17.4 Å². The summed E-state index contributed by atoms with van der Waals surface area (Å²) in [5.74, 6) is 0.567. The standard InChI is InChI=1S/C15H23N3/c1-5-14(6-2)18(11-12(3)4)15-10-17-8-7-13(15)9-16/h7-8,10,12,14H,5-6,11H2,1-4H3. The summed E-state index contributed by atoms with van der Waals surface area (Å²) in [5, 5.41) is 9.22. The molecule has 98 valence electrons. The summed E-state index contributed by atoms with van der Waals surface area (Å²) in [6.07, 6.45) is 5.67. The molecule has 0 bridgehead atoms. The number of nitrogens with zero attached hydrogens (tertiary/aromatic N) is 3. The van der Waals surface area contributed by atoms with Crippen LogP contribution in [-0.4, -0.2) is 17.6 Å². The average Bonchev–Trinajstić information content (AvgIpc) is 2.38. The van der Waals surface area contributed by atoms with Crippen LogP contribution in [0.2, 0.25) is 0 Å². The first kappa shape index (κ1) is 14.5. The highest BCUT2D eigenvalue weighted by molar-refractivity contribution is 5.58. The quantitative estimate of drug-likeness (QED) is 0.768. The topological polar surface area (TPSA) is 39.9 Å². The monoisotopic (exact) mass is 245 g/mol. The fourth-order valence-electron chi connectivity index (χ4n) is 2.28. The van der Waals surface area contributed by atoms with Crippen molar-refractivity contribution in [2.75, 3.05) is 11.4 Å². The summed E-state index contributed by atoms with van der Waals surface area (Å²) in [4.78, 5) is 6.52. The average molecular weight is 245 g/mol. The predicted octanol–water partition coefficient (Wildman–Crippen LogP) is 3.60. The fraction of sp³-hybridized carbons (Fsp3) is 0.600. The van der Waals surface area contributed by atoms with E-state index in [4.69, 9.17) is 0 Å². The van der Waals surface area contributed by atoms with Crippen LogP contribution in [0.1, 0.15) is 46.1 Å². The first-order valence-electron chi connectivity index (χ1n) is 6.74. The Morgan fingerprint density at radius 3 is 2.50 bits per heavy atom. The number of pyridine rings is 1. The lowest BCUT2D eigenvalue weighted by molar-refractivity contribution is 0.507. The fourth-order valence-corrected chi connectivity index (χ4v) is 2.28. The van der Waals surface area contributed by atoms with E-state index in [1.165, 1.54) is 0 Å². The molecule has 3 heteroatoms. The molecule has 1 rings (SSSR count). The maximum Gasteiger partial charge on any atom is 0.101 e. The minimum atomic E-state index is 0.476. The minimum absolute atomic E-state index is 0.476. The molecule has 0 atom stereocenters. The Bertz CT molecular complexity index is 402. The summed E-state index contributed by atoms with van der Waals surface area (Å²) in [6, 6.07) is 4.54. The molecule has 18 heavy (non-hydrogen) atoms. The van der Waals surface area contributed by atoms with Crippen molar-refractivity contribution < 1.29 is 0 Å². The van der Waals surface area contributed by atoms with Gasteiger partial charge in [0, 0.05) is 18.8 Å². The van der Waals surface area contributed by atoms with Crippen LogP contribution >= 0.6 is 0 Å². The number of nitriles is 1. The highest BCUT2D eigenvalue weighted by Crippen LogP contribution is 2.24. The van der Waals surface area contributed by atoms with Crippen LogP contribution in [0.4, 0.5) is 5.69 Å². The smallest absolute Gasteiger partial charge is 0.101 e. The molecule has 1 aromatic heterocycles. The van der Waals surface area contributed by atoms with Crippen LogP contribution in [0.3, 0.4) is 0 Å². The molecule has 0 aliphatic heterocycles. The third-order valence-corrected chi connectivity index (χ3v) is 3.18. The van der Waals surface area contributed by atoms with Gasteiger partial charge in [0.15, 0.2) is 0 Å². The lowest BCUT2D eigenvalue weighted by atomic mass is 10.1. The van der Waals surface area contributed by atoms with Gasteiger partial charge < -0.3 is 4.90 Å². The molecule has 0 amide bonds. The van der Waals surface area contributed by atoms with Gasteiger partial charge in [-0.15, -0.1) is 0 Å². The highest BCUT2D eigenvalue weighted by atomic mass is 15.2. The molecule has 0 aliphatic rings. The largest absolute Gasteiger partial charge is 0.366 e. The Kier molecular flexibility index (Phi) is 5.64. The summed E-state index contributed by atoms with van der Waals surface area (Å²) < 4.78 is 0. The molecule has 0 N–H and O–H groups in total. The third-order valence-electron chi connectivity index (χ3n) is 3.18. The highest BCUT2D eigenvalue weighted by Gasteiger charge is 2.19. The lowest BCUT2D eigenvalue weighted by Gasteiger charge is -2.34. The van der Waals surface area contributed by atoms with Gasteiger partial charge in [0.25, 0.3) is 0 Å². The van der Waals surface area contributed by atoms with Crippen LogP contribution in [0.5, 0.6) is 0 Å². The van der Waals surface area contributed by atoms with Crippen LogP contribution in [0, 0.1) is 17.2 Å². The SMILES string of the molecule is CCC(CC)N(CC(C)C)c1cnccc1C#N. The zero-order chi connectivity index (χ0) is 13.5. The van der Waals surface area contributed by atoms with Crippen LogP contribution in [0.25, 0.3) is 0 Å². The van der Waals surface area contributed by atoms with Crippen molar-refractivity contribution in [2.24, 2.45) is 5.92 Å². The Morgan fingerprint density at radius 1 is 1.33 bits per heavy atom. The first-order valence-corrected chi connectivity index (χ1v) is 6.74. The summed E-state index contributed by atoms with van der Waals surface area (Å²) in [5.41, 5.74) is 1.69. The molecular weight excluding hydrogens is 222 g/mol. The molecule has 0 saturated carbocycles. The van der Waals surface area contributed by atoms with Gasteiger partial charge in [0.1, 0.15) is 6.07 Å². The van der Waals surface area contributed by atoms with Crippen molar-refractivity contribution in [1.82, 2.24) is 4.98 Å². The van der Waals surface area contributed by atoms with E-state index >= 15 is 0 Å². The Hall–Kier alpha value is -1.56. The van der Waals surface area contributed by atoms with Crippen molar-refractivity contribution in [2.45, 2.75) is 46.6 Å². The minimum Gasteiger partial charge on any atom is -0.366 e. The van der Waals surface area contributed by atoms with E-state index in [9.17, 15) is 5.26 Å². The van der Waals surface area contributed by atoms with Gasteiger partial charge in [-0.1, -0.05) is 27.7 Å². The van der Waals surface area contributed by atoms with E-state index in [-0.39, 0.29) is 0 Å². The number of aromatic nitrogens is 1. The second kappa shape index (κ2) is 7.00. The summed E-state index contributed by atoms with van der Waals surface area (Å²) in [6.45, 7) is 9.77. The Labute approximate surface area is 110 Å². The molecular formula is C15H23N3. The molecule has 0 unspecified atom stereocenters. The van der Waals surface area contributed by atoms with Gasteiger partial charge in [0.2, 0.25) is 0 Å². The first-order chi connectivity index (χ1) is 8.63. The molecule has 1 aromatic rings. The Morgan fingerprint density at radius 2 is 2.00 bits per heavy atom. The van der Waals surface area contributed by atoms with Crippen molar-refractivity contribution in [3.05, 3.63) is 24.0 Å². The Balaban J connectivity index is 3.12. The molecule has 0 fully saturated rings.